The summed E-state index contributed by atoms with van der Waals surface area (Å²) in [6, 6.07) is 0. The van der Waals surface area contributed by atoms with Gasteiger partial charge in [0.15, 0.2) is 5.69 Å². The van der Waals surface area contributed by atoms with E-state index in [0.29, 0.717) is 6.42 Å². The summed E-state index contributed by atoms with van der Waals surface area (Å²) in [5, 5.41) is 14.9. The molecular formula is C13H20F3N3O2. The van der Waals surface area contributed by atoms with Crippen molar-refractivity contribution in [1.29, 1.82) is 0 Å². The van der Waals surface area contributed by atoms with Crippen LogP contribution in [0.2, 0.25) is 0 Å². The summed E-state index contributed by atoms with van der Waals surface area (Å²) in [6.07, 6.45) is -2.91. The third-order valence-corrected chi connectivity index (χ3v) is 3.15. The maximum Gasteiger partial charge on any atom is 0.435 e. The molecule has 8 heteroatoms. The van der Waals surface area contributed by atoms with E-state index in [1.807, 2.05) is 20.8 Å². The van der Waals surface area contributed by atoms with Crippen LogP contribution in [0.4, 0.5) is 13.2 Å². The maximum absolute atomic E-state index is 12.8. The Bertz CT molecular complexity index is 495. The van der Waals surface area contributed by atoms with Gasteiger partial charge in [-0.05, 0) is 26.7 Å². The molecule has 0 aliphatic rings. The minimum absolute atomic E-state index is 0.118. The Hall–Kier alpha value is -1.57. The molecule has 0 bridgehead atoms. The van der Waals surface area contributed by atoms with Gasteiger partial charge in [0.25, 0.3) is 0 Å². The Morgan fingerprint density at radius 3 is 2.52 bits per heavy atom. The summed E-state index contributed by atoms with van der Waals surface area (Å²) in [5.74, 6) is -0.409. The Morgan fingerprint density at radius 2 is 2.05 bits per heavy atom. The van der Waals surface area contributed by atoms with E-state index in [1.165, 1.54) is 0 Å². The Labute approximate surface area is 121 Å². The standard InChI is InChI=1S/C13H20F3N3O2/c1-4-12(2,3)17-10(21)8-19-7-9(5-6-20)11(18-19)13(14,15)16/h7,20H,4-6,8H2,1-3H3,(H,17,21). The quantitative estimate of drug-likeness (QED) is 0.841. The van der Waals surface area contributed by atoms with Crippen molar-refractivity contribution in [2.75, 3.05) is 6.61 Å². The van der Waals surface area contributed by atoms with E-state index in [4.69, 9.17) is 5.11 Å². The van der Waals surface area contributed by atoms with Crippen LogP contribution in [-0.2, 0) is 23.9 Å². The van der Waals surface area contributed by atoms with Crippen LogP contribution in [0.15, 0.2) is 6.20 Å². The van der Waals surface area contributed by atoms with E-state index in [0.717, 1.165) is 10.9 Å². The largest absolute Gasteiger partial charge is 0.435 e. The molecule has 21 heavy (non-hydrogen) atoms. The van der Waals surface area contributed by atoms with Crippen molar-refractivity contribution >= 4 is 5.91 Å². The second-order valence-electron chi connectivity index (χ2n) is 5.46. The minimum atomic E-state index is -4.60. The van der Waals surface area contributed by atoms with Crippen LogP contribution in [0.1, 0.15) is 38.4 Å². The van der Waals surface area contributed by atoms with Gasteiger partial charge in [-0.3, -0.25) is 9.48 Å². The average molecular weight is 307 g/mol. The van der Waals surface area contributed by atoms with Crippen LogP contribution in [0.3, 0.4) is 0 Å². The molecule has 0 aliphatic heterocycles. The number of halogens is 3. The number of aliphatic hydroxyl groups is 1. The molecule has 0 aliphatic carbocycles. The normalized spacial score (nSPS) is 12.5. The van der Waals surface area contributed by atoms with Gasteiger partial charge < -0.3 is 10.4 Å². The van der Waals surface area contributed by atoms with Gasteiger partial charge in [-0.2, -0.15) is 18.3 Å². The first-order valence-corrected chi connectivity index (χ1v) is 6.64. The van der Waals surface area contributed by atoms with E-state index in [-0.39, 0.29) is 18.5 Å². The van der Waals surface area contributed by atoms with E-state index in [9.17, 15) is 18.0 Å². The highest BCUT2D eigenvalue weighted by Gasteiger charge is 2.37. The Morgan fingerprint density at radius 1 is 1.43 bits per heavy atom. The third kappa shape index (κ3) is 5.04. The number of amides is 1. The number of nitrogens with zero attached hydrogens (tertiary/aromatic N) is 2. The molecule has 0 radical (unpaired) electrons. The first kappa shape index (κ1) is 17.5. The molecule has 0 saturated heterocycles. The zero-order valence-corrected chi connectivity index (χ0v) is 12.3. The molecule has 0 atom stereocenters. The van der Waals surface area contributed by atoms with Gasteiger partial charge >= 0.3 is 6.18 Å². The molecule has 1 heterocycles. The van der Waals surface area contributed by atoms with Crippen molar-refractivity contribution in [1.82, 2.24) is 15.1 Å². The van der Waals surface area contributed by atoms with Gasteiger partial charge in [0.05, 0.1) is 0 Å². The molecule has 1 aromatic rings. The highest BCUT2D eigenvalue weighted by atomic mass is 19.4. The number of carbonyl (C=O) groups excluding carboxylic acids is 1. The molecule has 2 N–H and O–H groups in total. The number of carbonyl (C=O) groups is 1. The van der Waals surface area contributed by atoms with Crippen LogP contribution in [-0.4, -0.2) is 32.9 Å². The highest BCUT2D eigenvalue weighted by molar-refractivity contribution is 5.76. The lowest BCUT2D eigenvalue weighted by Crippen LogP contribution is -2.44. The molecule has 120 valence electrons. The lowest BCUT2D eigenvalue weighted by Gasteiger charge is -2.24. The van der Waals surface area contributed by atoms with E-state index in [2.05, 4.69) is 10.4 Å². The van der Waals surface area contributed by atoms with Crippen LogP contribution in [0.25, 0.3) is 0 Å². The number of aliphatic hydroxyl groups excluding tert-OH is 1. The van der Waals surface area contributed by atoms with Crippen LogP contribution < -0.4 is 5.32 Å². The summed E-state index contributed by atoms with van der Waals surface area (Å²) >= 11 is 0. The second kappa shape index (κ2) is 6.46. The molecule has 0 spiro atoms. The lowest BCUT2D eigenvalue weighted by atomic mass is 10.0. The number of nitrogens with one attached hydrogen (secondary N) is 1. The Kier molecular flexibility index (Phi) is 5.38. The van der Waals surface area contributed by atoms with Crippen molar-refractivity contribution in [3.8, 4) is 0 Å². The van der Waals surface area contributed by atoms with Crippen molar-refractivity contribution in [3.05, 3.63) is 17.5 Å². The molecule has 0 fully saturated rings. The van der Waals surface area contributed by atoms with Gasteiger partial charge in [-0.1, -0.05) is 6.92 Å². The predicted octanol–water partition coefficient (Wildman–Crippen LogP) is 1.74. The van der Waals surface area contributed by atoms with Gasteiger partial charge in [0, 0.05) is 23.9 Å². The molecule has 1 aromatic heterocycles. The van der Waals surface area contributed by atoms with Crippen LogP contribution >= 0.6 is 0 Å². The summed E-state index contributed by atoms with van der Waals surface area (Å²) in [6.45, 7) is 4.84. The average Bonchev–Trinajstić information content (AvgIpc) is 2.71. The van der Waals surface area contributed by atoms with Crippen molar-refractivity contribution in [2.45, 2.75) is 51.9 Å². The molecule has 1 rings (SSSR count). The predicted molar refractivity (Wildman–Crippen MR) is 70.5 cm³/mol. The molecule has 0 unspecified atom stereocenters. The number of aromatic nitrogens is 2. The summed E-state index contributed by atoms with van der Waals surface area (Å²) < 4.78 is 39.3. The first-order valence-electron chi connectivity index (χ1n) is 6.64. The monoisotopic (exact) mass is 307 g/mol. The van der Waals surface area contributed by atoms with Crippen molar-refractivity contribution in [2.24, 2.45) is 0 Å². The zero-order valence-electron chi connectivity index (χ0n) is 12.3. The van der Waals surface area contributed by atoms with Crippen molar-refractivity contribution < 1.29 is 23.1 Å². The fourth-order valence-electron chi connectivity index (χ4n) is 1.74. The van der Waals surface area contributed by atoms with Gasteiger partial charge in [0.1, 0.15) is 6.54 Å². The summed E-state index contributed by atoms with van der Waals surface area (Å²) in [5.41, 5.74) is -1.60. The maximum atomic E-state index is 12.8. The zero-order chi connectivity index (χ0) is 16.3. The number of hydrogen-bond acceptors (Lipinski definition) is 3. The fraction of sp³-hybridized carbons (Fsp3) is 0.692. The van der Waals surface area contributed by atoms with Crippen LogP contribution in [0.5, 0.6) is 0 Å². The van der Waals surface area contributed by atoms with Crippen LogP contribution in [0, 0.1) is 0 Å². The van der Waals surface area contributed by atoms with Gasteiger partial charge in [-0.25, -0.2) is 0 Å². The molecule has 0 saturated carbocycles. The first-order chi connectivity index (χ1) is 9.59. The molecule has 1 amide bonds. The Balaban J connectivity index is 2.87. The second-order valence-corrected chi connectivity index (χ2v) is 5.46. The topological polar surface area (TPSA) is 67.2 Å². The highest BCUT2D eigenvalue weighted by Crippen LogP contribution is 2.30. The fourth-order valence-corrected chi connectivity index (χ4v) is 1.74. The van der Waals surface area contributed by atoms with Gasteiger partial charge in [0.2, 0.25) is 5.91 Å². The number of rotatable bonds is 6. The van der Waals surface area contributed by atoms with Gasteiger partial charge in [-0.15, -0.1) is 0 Å². The number of hydrogen-bond donors (Lipinski definition) is 2. The van der Waals surface area contributed by atoms with Crippen molar-refractivity contribution in [3.63, 3.8) is 0 Å². The van der Waals surface area contributed by atoms with E-state index >= 15 is 0 Å². The van der Waals surface area contributed by atoms with E-state index < -0.39 is 29.9 Å². The SMILES string of the molecule is CCC(C)(C)NC(=O)Cn1cc(CCO)c(C(F)(F)F)n1. The number of alkyl halides is 3. The molecular weight excluding hydrogens is 287 g/mol. The molecule has 5 nitrogen and oxygen atoms in total. The van der Waals surface area contributed by atoms with E-state index in [1.54, 1.807) is 0 Å². The summed E-state index contributed by atoms with van der Waals surface area (Å²) in [7, 11) is 0. The lowest BCUT2D eigenvalue weighted by molar-refractivity contribution is -0.142. The smallest absolute Gasteiger partial charge is 0.396 e. The third-order valence-electron chi connectivity index (χ3n) is 3.15. The summed E-state index contributed by atoms with van der Waals surface area (Å²) in [4.78, 5) is 11.8. The molecule has 0 aromatic carbocycles. The minimum Gasteiger partial charge on any atom is -0.396 e.